The molecule has 1 aliphatic heterocycles. The number of furan rings is 1. The minimum atomic E-state index is -0.0924. The Morgan fingerprint density at radius 2 is 1.85 bits per heavy atom. The minimum Gasteiger partial charge on any atom is -0.469 e. The number of carbonyl (C=O) groups is 2. The molecular formula is C22H28N2O3. The number of likely N-dealkylation sites (tertiary alicyclic amines) is 1. The first-order valence-corrected chi connectivity index (χ1v) is 9.69. The smallest absolute Gasteiger partial charge is 0.257 e. The van der Waals surface area contributed by atoms with Gasteiger partial charge in [0.15, 0.2) is 0 Å². The fraction of sp³-hybridized carbons (Fsp3) is 0.455. The van der Waals surface area contributed by atoms with E-state index >= 15 is 0 Å². The van der Waals surface area contributed by atoms with Crippen molar-refractivity contribution in [2.45, 2.75) is 39.7 Å². The highest BCUT2D eigenvalue weighted by Crippen LogP contribution is 2.18. The molecule has 1 aromatic carbocycles. The molecule has 2 amide bonds. The first-order chi connectivity index (χ1) is 13.0. The van der Waals surface area contributed by atoms with Gasteiger partial charge in [-0.2, -0.15) is 0 Å². The lowest BCUT2D eigenvalue weighted by Gasteiger charge is -2.31. The van der Waals surface area contributed by atoms with E-state index in [1.807, 2.05) is 35.2 Å². The molecule has 0 radical (unpaired) electrons. The highest BCUT2D eigenvalue weighted by Gasteiger charge is 2.24. The fourth-order valence-corrected chi connectivity index (χ4v) is 3.48. The average Bonchev–Trinajstić information content (AvgIpc) is 3.11. The van der Waals surface area contributed by atoms with Gasteiger partial charge in [-0.15, -0.1) is 0 Å². The number of carbonyl (C=O) groups excluding carboxylic acids is 2. The zero-order valence-electron chi connectivity index (χ0n) is 16.2. The normalized spacial score (nSPS) is 15.0. The molecule has 144 valence electrons. The molecule has 3 rings (SSSR count). The van der Waals surface area contributed by atoms with Crippen molar-refractivity contribution in [3.8, 4) is 0 Å². The van der Waals surface area contributed by atoms with Crippen LogP contribution in [-0.2, 0) is 11.3 Å². The molecule has 0 saturated carbocycles. The molecule has 0 unspecified atom stereocenters. The molecule has 1 saturated heterocycles. The molecule has 1 aliphatic rings. The van der Waals surface area contributed by atoms with E-state index in [-0.39, 0.29) is 11.8 Å². The summed E-state index contributed by atoms with van der Waals surface area (Å²) in [7, 11) is 0. The summed E-state index contributed by atoms with van der Waals surface area (Å²) >= 11 is 0. The highest BCUT2D eigenvalue weighted by atomic mass is 16.3. The Morgan fingerprint density at radius 3 is 2.48 bits per heavy atom. The largest absolute Gasteiger partial charge is 0.469 e. The van der Waals surface area contributed by atoms with E-state index in [1.165, 1.54) is 6.26 Å². The van der Waals surface area contributed by atoms with Crippen molar-refractivity contribution >= 4 is 11.8 Å². The number of piperidine rings is 1. The van der Waals surface area contributed by atoms with Crippen LogP contribution < -0.4 is 0 Å². The van der Waals surface area contributed by atoms with E-state index in [0.717, 1.165) is 31.5 Å². The van der Waals surface area contributed by atoms with Gasteiger partial charge < -0.3 is 14.2 Å². The lowest BCUT2D eigenvalue weighted by atomic mass is 9.99. The SMILES string of the molecule is Cc1occc1C(=O)N(CCC(=O)N1CCC(C)CC1)Cc1ccccc1. The zero-order chi connectivity index (χ0) is 19.2. The van der Waals surface area contributed by atoms with Crippen LogP contribution in [0.15, 0.2) is 47.1 Å². The van der Waals surface area contributed by atoms with Crippen molar-refractivity contribution in [2.75, 3.05) is 19.6 Å². The minimum absolute atomic E-state index is 0.0924. The van der Waals surface area contributed by atoms with Crippen molar-refractivity contribution in [1.29, 1.82) is 0 Å². The third-order valence-corrected chi connectivity index (χ3v) is 5.32. The van der Waals surface area contributed by atoms with Crippen LogP contribution >= 0.6 is 0 Å². The van der Waals surface area contributed by atoms with Crippen LogP contribution in [0, 0.1) is 12.8 Å². The van der Waals surface area contributed by atoms with E-state index in [1.54, 1.807) is 17.9 Å². The topological polar surface area (TPSA) is 53.8 Å². The van der Waals surface area contributed by atoms with Gasteiger partial charge in [0.25, 0.3) is 5.91 Å². The Balaban J connectivity index is 1.67. The number of benzene rings is 1. The van der Waals surface area contributed by atoms with Crippen LogP contribution in [0.3, 0.4) is 0 Å². The van der Waals surface area contributed by atoms with Crippen molar-refractivity contribution < 1.29 is 14.0 Å². The molecule has 5 heteroatoms. The molecule has 1 fully saturated rings. The fourth-order valence-electron chi connectivity index (χ4n) is 3.48. The molecule has 0 N–H and O–H groups in total. The van der Waals surface area contributed by atoms with Crippen LogP contribution in [0.2, 0.25) is 0 Å². The molecule has 1 aromatic heterocycles. The Morgan fingerprint density at radius 1 is 1.15 bits per heavy atom. The summed E-state index contributed by atoms with van der Waals surface area (Å²) in [4.78, 5) is 29.3. The van der Waals surface area contributed by atoms with Crippen molar-refractivity contribution in [3.63, 3.8) is 0 Å². The first kappa shape index (κ1) is 19.2. The van der Waals surface area contributed by atoms with Gasteiger partial charge in [-0.25, -0.2) is 0 Å². The van der Waals surface area contributed by atoms with Gasteiger partial charge in [0.1, 0.15) is 5.76 Å². The molecule has 0 bridgehead atoms. The van der Waals surface area contributed by atoms with E-state index in [0.29, 0.717) is 36.8 Å². The van der Waals surface area contributed by atoms with E-state index in [9.17, 15) is 9.59 Å². The molecule has 2 aromatic rings. The second-order valence-corrected chi connectivity index (χ2v) is 7.42. The van der Waals surface area contributed by atoms with Gasteiger partial charge in [0, 0.05) is 32.6 Å². The maximum absolute atomic E-state index is 13.0. The van der Waals surface area contributed by atoms with Crippen molar-refractivity contribution in [2.24, 2.45) is 5.92 Å². The Bertz CT molecular complexity index is 761. The maximum atomic E-state index is 13.0. The Labute approximate surface area is 160 Å². The molecule has 0 spiro atoms. The van der Waals surface area contributed by atoms with Gasteiger partial charge in [-0.1, -0.05) is 37.3 Å². The summed E-state index contributed by atoms with van der Waals surface area (Å²) in [5, 5.41) is 0. The lowest BCUT2D eigenvalue weighted by molar-refractivity contribution is -0.132. The summed E-state index contributed by atoms with van der Waals surface area (Å²) < 4.78 is 5.29. The number of nitrogens with zero attached hydrogens (tertiary/aromatic N) is 2. The molecule has 27 heavy (non-hydrogen) atoms. The Hall–Kier alpha value is -2.56. The summed E-state index contributed by atoms with van der Waals surface area (Å²) in [5.74, 6) is 1.34. The molecule has 5 nitrogen and oxygen atoms in total. The van der Waals surface area contributed by atoms with E-state index < -0.39 is 0 Å². The summed E-state index contributed by atoms with van der Waals surface area (Å²) in [5.41, 5.74) is 1.61. The van der Waals surface area contributed by atoms with Crippen LogP contribution in [0.25, 0.3) is 0 Å². The molecule has 2 heterocycles. The average molecular weight is 368 g/mol. The maximum Gasteiger partial charge on any atom is 0.257 e. The predicted octanol–water partition coefficient (Wildman–Crippen LogP) is 3.88. The van der Waals surface area contributed by atoms with Gasteiger partial charge in [-0.3, -0.25) is 9.59 Å². The molecule has 0 aliphatic carbocycles. The van der Waals surface area contributed by atoms with E-state index in [2.05, 4.69) is 6.92 Å². The first-order valence-electron chi connectivity index (χ1n) is 9.69. The molecular weight excluding hydrogens is 340 g/mol. The van der Waals surface area contributed by atoms with Crippen LogP contribution in [0.5, 0.6) is 0 Å². The van der Waals surface area contributed by atoms with Gasteiger partial charge in [-0.05, 0) is 37.3 Å². The summed E-state index contributed by atoms with van der Waals surface area (Å²) in [6.07, 6.45) is 4.01. The lowest BCUT2D eigenvalue weighted by Crippen LogP contribution is -2.40. The molecule has 0 atom stereocenters. The number of hydrogen-bond acceptors (Lipinski definition) is 3. The third kappa shape index (κ3) is 5.00. The standard InChI is InChI=1S/C22H28N2O3/c1-17-8-12-23(13-9-17)21(25)10-14-24(16-19-6-4-3-5-7-19)22(26)20-11-15-27-18(20)2/h3-7,11,15,17H,8-10,12-14,16H2,1-2H3. The number of amides is 2. The van der Waals surface area contributed by atoms with Crippen molar-refractivity contribution in [1.82, 2.24) is 9.80 Å². The van der Waals surface area contributed by atoms with Gasteiger partial charge >= 0.3 is 0 Å². The summed E-state index contributed by atoms with van der Waals surface area (Å²) in [6.45, 7) is 6.56. The second kappa shape index (κ2) is 8.89. The number of aryl methyl sites for hydroxylation is 1. The zero-order valence-corrected chi connectivity index (χ0v) is 16.2. The third-order valence-electron chi connectivity index (χ3n) is 5.32. The Kier molecular flexibility index (Phi) is 6.32. The van der Waals surface area contributed by atoms with Crippen molar-refractivity contribution in [3.05, 3.63) is 59.5 Å². The monoisotopic (exact) mass is 368 g/mol. The predicted molar refractivity (Wildman–Crippen MR) is 104 cm³/mol. The van der Waals surface area contributed by atoms with E-state index in [4.69, 9.17) is 4.42 Å². The summed E-state index contributed by atoms with van der Waals surface area (Å²) in [6, 6.07) is 11.6. The van der Waals surface area contributed by atoms with Crippen LogP contribution in [0.1, 0.15) is 47.9 Å². The highest BCUT2D eigenvalue weighted by molar-refractivity contribution is 5.95. The van der Waals surface area contributed by atoms with Gasteiger partial charge in [0.2, 0.25) is 5.91 Å². The quantitative estimate of drug-likeness (QED) is 0.777. The number of hydrogen-bond donors (Lipinski definition) is 0. The van der Waals surface area contributed by atoms with Crippen LogP contribution in [-0.4, -0.2) is 41.2 Å². The van der Waals surface area contributed by atoms with Gasteiger partial charge in [0.05, 0.1) is 11.8 Å². The number of rotatable bonds is 6. The second-order valence-electron chi connectivity index (χ2n) is 7.42. The van der Waals surface area contributed by atoms with Crippen LogP contribution in [0.4, 0.5) is 0 Å².